The Balaban J connectivity index is 2.00. The lowest BCUT2D eigenvalue weighted by Gasteiger charge is -2.11. The average molecular weight is 338 g/mol. The third-order valence-electron chi connectivity index (χ3n) is 3.40. The van der Waals surface area contributed by atoms with Crippen LogP contribution in [0.1, 0.15) is 22.8 Å². The van der Waals surface area contributed by atoms with Gasteiger partial charge in [-0.15, -0.1) is 0 Å². The molecule has 25 heavy (non-hydrogen) atoms. The van der Waals surface area contributed by atoms with Gasteiger partial charge in [-0.05, 0) is 48.9 Å². The normalized spacial score (nSPS) is 10.5. The Morgan fingerprint density at radius 1 is 1.12 bits per heavy atom. The largest absolute Gasteiger partial charge is 0.494 e. The number of hydrogen-bond donors (Lipinski definition) is 1. The molecule has 0 saturated carbocycles. The summed E-state index contributed by atoms with van der Waals surface area (Å²) in [5.74, 6) is 0.427. The average Bonchev–Trinajstić information content (AvgIpc) is 2.61. The third kappa shape index (κ3) is 5.49. The fourth-order valence-electron chi connectivity index (χ4n) is 2.19. The zero-order chi connectivity index (χ0) is 18.2. The van der Waals surface area contributed by atoms with E-state index in [0.29, 0.717) is 17.9 Å². The van der Waals surface area contributed by atoms with Crippen LogP contribution in [0, 0.1) is 0 Å². The molecule has 0 fully saturated rings. The maximum atomic E-state index is 12.1. The number of nitrogens with zero attached hydrogens (tertiary/aromatic N) is 1. The molecule has 0 aliphatic heterocycles. The molecule has 0 unspecified atom stereocenters. The molecule has 0 aliphatic carbocycles. The summed E-state index contributed by atoms with van der Waals surface area (Å²) in [6, 6.07) is 14.3. The van der Waals surface area contributed by atoms with Gasteiger partial charge in [0.25, 0.3) is 5.91 Å². The molecule has 5 heteroatoms. The predicted molar refractivity (Wildman–Crippen MR) is 99.7 cm³/mol. The summed E-state index contributed by atoms with van der Waals surface area (Å²) in [5.41, 5.74) is 2.00. The van der Waals surface area contributed by atoms with Crippen molar-refractivity contribution >= 4 is 23.6 Å². The topological polar surface area (TPSA) is 58.6 Å². The number of amides is 2. The quantitative estimate of drug-likeness (QED) is 0.821. The van der Waals surface area contributed by atoms with Crippen molar-refractivity contribution in [3.05, 3.63) is 65.7 Å². The molecule has 0 heterocycles. The second-order valence-corrected chi connectivity index (χ2v) is 5.61. The van der Waals surface area contributed by atoms with Crippen molar-refractivity contribution in [1.29, 1.82) is 0 Å². The van der Waals surface area contributed by atoms with Crippen LogP contribution in [0.5, 0.6) is 5.75 Å². The first-order chi connectivity index (χ1) is 12.0. The number of nitrogens with one attached hydrogen (secondary N) is 1. The maximum Gasteiger partial charge on any atom is 0.253 e. The molecule has 0 aliphatic rings. The van der Waals surface area contributed by atoms with Crippen LogP contribution in [0.3, 0.4) is 0 Å². The van der Waals surface area contributed by atoms with Gasteiger partial charge in [0.2, 0.25) is 5.91 Å². The van der Waals surface area contributed by atoms with E-state index in [2.05, 4.69) is 5.32 Å². The van der Waals surface area contributed by atoms with E-state index in [4.69, 9.17) is 4.74 Å². The Labute approximate surface area is 147 Å². The third-order valence-corrected chi connectivity index (χ3v) is 3.40. The van der Waals surface area contributed by atoms with Crippen LogP contribution < -0.4 is 10.1 Å². The van der Waals surface area contributed by atoms with E-state index < -0.39 is 0 Å². The van der Waals surface area contributed by atoms with Crippen LogP contribution >= 0.6 is 0 Å². The summed E-state index contributed by atoms with van der Waals surface area (Å²) in [4.78, 5) is 25.5. The number of hydrogen-bond acceptors (Lipinski definition) is 3. The van der Waals surface area contributed by atoms with E-state index in [9.17, 15) is 9.59 Å². The fraction of sp³-hybridized carbons (Fsp3) is 0.200. The van der Waals surface area contributed by atoms with E-state index in [1.165, 1.54) is 11.0 Å². The van der Waals surface area contributed by atoms with Gasteiger partial charge in [0, 0.05) is 31.4 Å². The van der Waals surface area contributed by atoms with Crippen LogP contribution in [0.2, 0.25) is 0 Å². The van der Waals surface area contributed by atoms with Crippen molar-refractivity contribution in [3.63, 3.8) is 0 Å². The first-order valence-electron chi connectivity index (χ1n) is 8.03. The zero-order valence-electron chi connectivity index (χ0n) is 14.7. The van der Waals surface area contributed by atoms with E-state index in [1.54, 1.807) is 44.4 Å². The van der Waals surface area contributed by atoms with Crippen molar-refractivity contribution in [1.82, 2.24) is 4.90 Å². The lowest BCUT2D eigenvalue weighted by atomic mass is 10.1. The van der Waals surface area contributed by atoms with Crippen molar-refractivity contribution in [3.8, 4) is 5.75 Å². The van der Waals surface area contributed by atoms with Gasteiger partial charge in [-0.25, -0.2) is 0 Å². The Morgan fingerprint density at radius 3 is 2.48 bits per heavy atom. The maximum absolute atomic E-state index is 12.1. The minimum Gasteiger partial charge on any atom is -0.494 e. The van der Waals surface area contributed by atoms with Gasteiger partial charge in [0.05, 0.1) is 6.61 Å². The summed E-state index contributed by atoms with van der Waals surface area (Å²) in [6.45, 7) is 2.55. The summed E-state index contributed by atoms with van der Waals surface area (Å²) in [5, 5.41) is 2.76. The van der Waals surface area contributed by atoms with Gasteiger partial charge in [-0.3, -0.25) is 9.59 Å². The molecule has 130 valence electrons. The number of carbonyl (C=O) groups is 2. The van der Waals surface area contributed by atoms with Crippen molar-refractivity contribution in [2.75, 3.05) is 26.0 Å². The highest BCUT2D eigenvalue weighted by atomic mass is 16.5. The van der Waals surface area contributed by atoms with Crippen LogP contribution in [0.4, 0.5) is 5.69 Å². The molecule has 0 radical (unpaired) electrons. The number of ether oxygens (including phenoxy) is 1. The van der Waals surface area contributed by atoms with Gasteiger partial charge >= 0.3 is 0 Å². The Kier molecular flexibility index (Phi) is 6.34. The van der Waals surface area contributed by atoms with Gasteiger partial charge in [0.15, 0.2) is 0 Å². The van der Waals surface area contributed by atoms with Crippen molar-refractivity contribution in [2.24, 2.45) is 0 Å². The highest BCUT2D eigenvalue weighted by Crippen LogP contribution is 2.14. The molecule has 0 atom stereocenters. The van der Waals surface area contributed by atoms with E-state index >= 15 is 0 Å². The molecule has 0 bridgehead atoms. The van der Waals surface area contributed by atoms with Crippen LogP contribution in [0.25, 0.3) is 6.08 Å². The molecule has 2 aromatic carbocycles. The van der Waals surface area contributed by atoms with E-state index in [-0.39, 0.29) is 11.8 Å². The second kappa shape index (κ2) is 8.68. The first kappa shape index (κ1) is 18.3. The van der Waals surface area contributed by atoms with Gasteiger partial charge in [-0.2, -0.15) is 0 Å². The first-order valence-corrected chi connectivity index (χ1v) is 8.03. The zero-order valence-corrected chi connectivity index (χ0v) is 14.7. The predicted octanol–water partition coefficient (Wildman–Crippen LogP) is 3.44. The Morgan fingerprint density at radius 2 is 1.84 bits per heavy atom. The molecule has 2 amide bonds. The Bertz CT molecular complexity index is 765. The highest BCUT2D eigenvalue weighted by molar-refractivity contribution is 6.03. The summed E-state index contributed by atoms with van der Waals surface area (Å²) in [7, 11) is 3.38. The summed E-state index contributed by atoms with van der Waals surface area (Å²) < 4.78 is 5.38. The summed E-state index contributed by atoms with van der Waals surface area (Å²) in [6.07, 6.45) is 3.18. The SMILES string of the molecule is CCOc1ccc(/C=C/C(=O)Nc2cccc(C(=O)N(C)C)c2)cc1. The summed E-state index contributed by atoms with van der Waals surface area (Å²) >= 11 is 0. The lowest BCUT2D eigenvalue weighted by molar-refractivity contribution is -0.111. The smallest absolute Gasteiger partial charge is 0.253 e. The van der Waals surface area contributed by atoms with Gasteiger partial charge in [-0.1, -0.05) is 18.2 Å². The van der Waals surface area contributed by atoms with Crippen LogP contribution in [-0.4, -0.2) is 37.4 Å². The van der Waals surface area contributed by atoms with Gasteiger partial charge < -0.3 is 15.0 Å². The Hall–Kier alpha value is -3.08. The van der Waals surface area contributed by atoms with E-state index in [0.717, 1.165) is 11.3 Å². The molecule has 0 aromatic heterocycles. The number of rotatable bonds is 6. The molecule has 0 spiro atoms. The minimum atomic E-state index is -0.261. The van der Waals surface area contributed by atoms with Crippen molar-refractivity contribution in [2.45, 2.75) is 6.92 Å². The molecule has 2 aromatic rings. The minimum absolute atomic E-state index is 0.110. The van der Waals surface area contributed by atoms with Crippen LogP contribution in [-0.2, 0) is 4.79 Å². The van der Waals surface area contributed by atoms with E-state index in [1.807, 2.05) is 31.2 Å². The number of carbonyl (C=O) groups excluding carboxylic acids is 2. The van der Waals surface area contributed by atoms with Crippen molar-refractivity contribution < 1.29 is 14.3 Å². The molecule has 5 nitrogen and oxygen atoms in total. The lowest BCUT2D eigenvalue weighted by Crippen LogP contribution is -2.21. The number of anilines is 1. The monoisotopic (exact) mass is 338 g/mol. The molecule has 2 rings (SSSR count). The van der Waals surface area contributed by atoms with Gasteiger partial charge in [0.1, 0.15) is 5.75 Å². The second-order valence-electron chi connectivity index (χ2n) is 5.61. The van der Waals surface area contributed by atoms with Crippen LogP contribution in [0.15, 0.2) is 54.6 Å². The molecular formula is C20H22N2O3. The highest BCUT2D eigenvalue weighted by Gasteiger charge is 2.08. The molecule has 0 saturated heterocycles. The number of benzene rings is 2. The standard InChI is InChI=1S/C20H22N2O3/c1-4-25-18-11-8-15(9-12-18)10-13-19(23)21-17-7-5-6-16(14-17)20(24)22(2)3/h5-14H,4H2,1-3H3,(H,21,23)/b13-10+. The molecular weight excluding hydrogens is 316 g/mol. The molecule has 1 N–H and O–H groups in total. The fourth-order valence-corrected chi connectivity index (χ4v) is 2.19.